The van der Waals surface area contributed by atoms with Crippen molar-refractivity contribution in [2.45, 2.75) is 39.5 Å². The molecular weight excluding hydrogens is 214 g/mol. The zero-order valence-electron chi connectivity index (χ0n) is 10.6. The minimum absolute atomic E-state index is 0.176. The first-order chi connectivity index (χ1) is 8.01. The Morgan fingerprint density at radius 2 is 1.94 bits per heavy atom. The molecule has 0 fully saturated rings. The van der Waals surface area contributed by atoms with E-state index in [1.165, 1.54) is 0 Å². The summed E-state index contributed by atoms with van der Waals surface area (Å²) in [7, 11) is 0. The summed E-state index contributed by atoms with van der Waals surface area (Å²) >= 11 is 0. The van der Waals surface area contributed by atoms with Gasteiger partial charge in [-0.2, -0.15) is 0 Å². The summed E-state index contributed by atoms with van der Waals surface area (Å²) < 4.78 is 11.5. The van der Waals surface area contributed by atoms with Crippen LogP contribution in [-0.4, -0.2) is 5.60 Å². The molecule has 0 aliphatic heterocycles. The van der Waals surface area contributed by atoms with Crippen molar-refractivity contribution in [3.05, 3.63) is 35.6 Å². The van der Waals surface area contributed by atoms with Gasteiger partial charge in [-0.25, -0.2) is 0 Å². The summed E-state index contributed by atoms with van der Waals surface area (Å²) in [5.74, 6) is 0.837. The second-order valence-electron chi connectivity index (χ2n) is 5.11. The summed E-state index contributed by atoms with van der Waals surface area (Å²) in [5, 5.41) is 1.09. The maximum Gasteiger partial charge on any atom is 0.135 e. The molecule has 0 radical (unpaired) electrons. The zero-order valence-corrected chi connectivity index (χ0v) is 10.6. The zero-order chi connectivity index (χ0) is 12.5. The largest absolute Gasteiger partial charge is 0.458 e. The van der Waals surface area contributed by atoms with Crippen molar-refractivity contribution in [3.8, 4) is 0 Å². The number of fused-ring (bicyclic) bond motifs is 1. The van der Waals surface area contributed by atoms with Gasteiger partial charge in [0, 0.05) is 17.5 Å². The van der Waals surface area contributed by atoms with Gasteiger partial charge in [-0.15, -0.1) is 0 Å². The van der Waals surface area contributed by atoms with E-state index in [4.69, 9.17) is 14.9 Å². The Labute approximate surface area is 102 Å². The molecule has 0 atom stereocenters. The van der Waals surface area contributed by atoms with Crippen LogP contribution in [0.15, 0.2) is 28.7 Å². The number of rotatable bonds is 3. The lowest BCUT2D eigenvalue weighted by atomic mass is 10.1. The normalized spacial score (nSPS) is 12.2. The van der Waals surface area contributed by atoms with Gasteiger partial charge >= 0.3 is 0 Å². The van der Waals surface area contributed by atoms with Crippen molar-refractivity contribution >= 4 is 11.0 Å². The monoisotopic (exact) mass is 233 g/mol. The third kappa shape index (κ3) is 2.68. The molecule has 2 N–H and O–H groups in total. The number of benzene rings is 1. The Bertz CT molecular complexity index is 508. The van der Waals surface area contributed by atoms with Crippen LogP contribution >= 0.6 is 0 Å². The van der Waals surface area contributed by atoms with Gasteiger partial charge in [0.2, 0.25) is 0 Å². The molecule has 0 amide bonds. The molecule has 0 bridgehead atoms. The van der Waals surface area contributed by atoms with Crippen molar-refractivity contribution in [2.75, 3.05) is 0 Å². The van der Waals surface area contributed by atoms with E-state index in [1.807, 2.05) is 45.0 Å². The van der Waals surface area contributed by atoms with E-state index in [2.05, 4.69) is 0 Å². The SMILES string of the molecule is CC(C)(C)OCc1oc2ccccc2c1CN. The van der Waals surface area contributed by atoms with E-state index in [0.717, 1.165) is 22.3 Å². The predicted octanol–water partition coefficient (Wildman–Crippen LogP) is 3.21. The van der Waals surface area contributed by atoms with Gasteiger partial charge < -0.3 is 14.9 Å². The smallest absolute Gasteiger partial charge is 0.135 e. The van der Waals surface area contributed by atoms with Crippen LogP contribution in [0.25, 0.3) is 11.0 Å². The summed E-state index contributed by atoms with van der Waals surface area (Å²) in [6.07, 6.45) is 0. The predicted molar refractivity (Wildman–Crippen MR) is 68.6 cm³/mol. The minimum Gasteiger partial charge on any atom is -0.458 e. The first-order valence-electron chi connectivity index (χ1n) is 5.84. The van der Waals surface area contributed by atoms with Gasteiger partial charge in [0.05, 0.1) is 5.60 Å². The van der Waals surface area contributed by atoms with Gasteiger partial charge in [0.15, 0.2) is 0 Å². The molecule has 0 aliphatic carbocycles. The summed E-state index contributed by atoms with van der Waals surface area (Å²) in [6.45, 7) is 7.01. The molecule has 0 aliphatic rings. The number of ether oxygens (including phenoxy) is 1. The third-order valence-electron chi connectivity index (χ3n) is 2.62. The number of para-hydroxylation sites is 1. The number of hydrogen-bond acceptors (Lipinski definition) is 3. The van der Waals surface area contributed by atoms with Crippen LogP contribution in [0, 0.1) is 0 Å². The molecule has 0 saturated heterocycles. The highest BCUT2D eigenvalue weighted by molar-refractivity contribution is 5.82. The molecule has 1 aromatic heterocycles. The Kier molecular flexibility index (Phi) is 3.22. The fourth-order valence-corrected chi connectivity index (χ4v) is 1.77. The van der Waals surface area contributed by atoms with E-state index < -0.39 is 0 Å². The molecule has 1 aromatic carbocycles. The Hall–Kier alpha value is -1.32. The summed E-state index contributed by atoms with van der Waals surface area (Å²) in [6, 6.07) is 7.93. The van der Waals surface area contributed by atoms with E-state index in [9.17, 15) is 0 Å². The lowest BCUT2D eigenvalue weighted by Gasteiger charge is -2.18. The summed E-state index contributed by atoms with van der Waals surface area (Å²) in [4.78, 5) is 0. The maximum atomic E-state index is 5.78. The average Bonchev–Trinajstić information content (AvgIpc) is 2.63. The van der Waals surface area contributed by atoms with Gasteiger partial charge in [-0.3, -0.25) is 0 Å². The molecule has 3 nitrogen and oxygen atoms in total. The Morgan fingerprint density at radius 1 is 1.24 bits per heavy atom. The number of hydrogen-bond donors (Lipinski definition) is 1. The van der Waals surface area contributed by atoms with Gasteiger partial charge in [0.1, 0.15) is 18.0 Å². The third-order valence-corrected chi connectivity index (χ3v) is 2.62. The highest BCUT2D eigenvalue weighted by atomic mass is 16.5. The minimum atomic E-state index is -0.176. The van der Waals surface area contributed by atoms with E-state index in [1.54, 1.807) is 0 Å². The second-order valence-corrected chi connectivity index (χ2v) is 5.11. The first kappa shape index (κ1) is 12.1. The Balaban J connectivity index is 2.33. The number of nitrogens with two attached hydrogens (primary N) is 1. The maximum absolute atomic E-state index is 5.78. The molecule has 0 unspecified atom stereocenters. The molecule has 17 heavy (non-hydrogen) atoms. The number of furan rings is 1. The quantitative estimate of drug-likeness (QED) is 0.885. The van der Waals surface area contributed by atoms with E-state index >= 15 is 0 Å². The average molecular weight is 233 g/mol. The lowest BCUT2D eigenvalue weighted by Crippen LogP contribution is -2.19. The van der Waals surface area contributed by atoms with Crippen LogP contribution in [0.5, 0.6) is 0 Å². The van der Waals surface area contributed by atoms with E-state index in [-0.39, 0.29) is 5.60 Å². The van der Waals surface area contributed by atoms with Gasteiger partial charge in [-0.05, 0) is 26.8 Å². The van der Waals surface area contributed by atoms with Gasteiger partial charge in [-0.1, -0.05) is 18.2 Å². The fourth-order valence-electron chi connectivity index (χ4n) is 1.77. The van der Waals surface area contributed by atoms with Crippen LogP contribution < -0.4 is 5.73 Å². The molecule has 2 rings (SSSR count). The molecule has 0 spiro atoms. The molecule has 2 aromatic rings. The highest BCUT2D eigenvalue weighted by Crippen LogP contribution is 2.27. The first-order valence-corrected chi connectivity index (χ1v) is 5.84. The Morgan fingerprint density at radius 3 is 2.59 bits per heavy atom. The van der Waals surface area contributed by atoms with Crippen LogP contribution in [-0.2, 0) is 17.9 Å². The summed E-state index contributed by atoms with van der Waals surface area (Å²) in [5.41, 5.74) is 7.53. The standard InChI is InChI=1S/C14H19NO2/c1-14(2,3)16-9-13-11(8-15)10-6-4-5-7-12(10)17-13/h4-7H,8-9,15H2,1-3H3. The van der Waals surface area contributed by atoms with Crippen molar-refractivity contribution in [1.29, 1.82) is 0 Å². The topological polar surface area (TPSA) is 48.4 Å². The molecule has 3 heteroatoms. The van der Waals surface area contributed by atoms with Crippen LogP contribution in [0.4, 0.5) is 0 Å². The van der Waals surface area contributed by atoms with Gasteiger partial charge in [0.25, 0.3) is 0 Å². The van der Waals surface area contributed by atoms with Crippen molar-refractivity contribution < 1.29 is 9.15 Å². The van der Waals surface area contributed by atoms with Crippen LogP contribution in [0.2, 0.25) is 0 Å². The lowest BCUT2D eigenvalue weighted by molar-refractivity contribution is -0.0222. The van der Waals surface area contributed by atoms with Crippen LogP contribution in [0.1, 0.15) is 32.1 Å². The van der Waals surface area contributed by atoms with Crippen LogP contribution in [0.3, 0.4) is 0 Å². The molecule has 0 saturated carbocycles. The van der Waals surface area contributed by atoms with E-state index in [0.29, 0.717) is 13.2 Å². The van der Waals surface area contributed by atoms with Crippen molar-refractivity contribution in [3.63, 3.8) is 0 Å². The molecule has 92 valence electrons. The highest BCUT2D eigenvalue weighted by Gasteiger charge is 2.16. The van der Waals surface area contributed by atoms with Crippen molar-refractivity contribution in [2.24, 2.45) is 5.73 Å². The fraction of sp³-hybridized carbons (Fsp3) is 0.429. The van der Waals surface area contributed by atoms with Crippen molar-refractivity contribution in [1.82, 2.24) is 0 Å². The second kappa shape index (κ2) is 4.51. The molecular formula is C14H19NO2. The molecule has 1 heterocycles.